The highest BCUT2D eigenvalue weighted by Crippen LogP contribution is 2.28. The molecule has 1 fully saturated rings. The summed E-state index contributed by atoms with van der Waals surface area (Å²) in [6.07, 6.45) is 8.99. The van der Waals surface area contributed by atoms with Crippen molar-refractivity contribution < 1.29 is 4.79 Å². The van der Waals surface area contributed by atoms with Gasteiger partial charge in [-0.2, -0.15) is 11.8 Å². The molecule has 0 aromatic carbocycles. The Bertz CT molecular complexity index is 271. The van der Waals surface area contributed by atoms with Crippen molar-refractivity contribution in [3.8, 4) is 0 Å². The summed E-state index contributed by atoms with van der Waals surface area (Å²) in [6, 6.07) is 0.327. The maximum atomic E-state index is 12.0. The van der Waals surface area contributed by atoms with Crippen molar-refractivity contribution >= 4 is 17.8 Å². The van der Waals surface area contributed by atoms with Crippen molar-refractivity contribution in [2.75, 3.05) is 19.3 Å². The highest BCUT2D eigenvalue weighted by molar-refractivity contribution is 7.99. The predicted molar refractivity (Wildman–Crippen MR) is 75.4 cm³/mol. The Morgan fingerprint density at radius 3 is 2.53 bits per heavy atom. The van der Waals surface area contributed by atoms with Gasteiger partial charge < -0.3 is 10.2 Å². The molecular formula is C13H22N2OS. The van der Waals surface area contributed by atoms with Crippen LogP contribution in [0, 0.1) is 0 Å². The molecule has 0 aliphatic heterocycles. The summed E-state index contributed by atoms with van der Waals surface area (Å²) in [5.74, 6) is 0. The molecule has 2 atom stereocenters. The summed E-state index contributed by atoms with van der Waals surface area (Å²) in [5.41, 5.74) is 0. The van der Waals surface area contributed by atoms with Gasteiger partial charge >= 0.3 is 6.03 Å². The molecule has 1 aliphatic rings. The summed E-state index contributed by atoms with van der Waals surface area (Å²) >= 11 is 1.89. The molecule has 0 radical (unpaired) electrons. The number of rotatable bonds is 6. The van der Waals surface area contributed by atoms with Crippen LogP contribution in [0.15, 0.2) is 25.3 Å². The maximum Gasteiger partial charge on any atom is 0.318 e. The minimum absolute atomic E-state index is 0.00319. The Morgan fingerprint density at radius 2 is 2.06 bits per heavy atom. The Morgan fingerprint density at radius 1 is 1.41 bits per heavy atom. The fourth-order valence-corrected chi connectivity index (χ4v) is 2.90. The van der Waals surface area contributed by atoms with Gasteiger partial charge in [-0.25, -0.2) is 4.79 Å². The molecule has 1 aliphatic carbocycles. The lowest BCUT2D eigenvalue weighted by molar-refractivity contribution is 0.204. The van der Waals surface area contributed by atoms with Crippen molar-refractivity contribution in [2.24, 2.45) is 0 Å². The average molecular weight is 254 g/mol. The first kappa shape index (κ1) is 14.2. The van der Waals surface area contributed by atoms with Crippen LogP contribution in [0.4, 0.5) is 4.79 Å². The van der Waals surface area contributed by atoms with Crippen LogP contribution >= 0.6 is 11.8 Å². The summed E-state index contributed by atoms with van der Waals surface area (Å²) in [5, 5.41) is 3.79. The molecule has 4 heteroatoms. The molecule has 2 amide bonds. The van der Waals surface area contributed by atoms with E-state index >= 15 is 0 Å². The number of hydrogen-bond donors (Lipinski definition) is 1. The summed E-state index contributed by atoms with van der Waals surface area (Å²) in [4.78, 5) is 13.7. The molecule has 0 unspecified atom stereocenters. The predicted octanol–water partition coefficient (Wildman–Crippen LogP) is 2.65. The quantitative estimate of drug-likeness (QED) is 0.739. The number of carbonyl (C=O) groups is 1. The first-order chi connectivity index (χ1) is 8.21. The molecule has 96 valence electrons. The van der Waals surface area contributed by atoms with Crippen LogP contribution in [-0.4, -0.2) is 41.6 Å². The molecule has 1 rings (SSSR count). The fraction of sp³-hybridized carbons (Fsp3) is 0.615. The third-order valence-corrected chi connectivity index (χ3v) is 4.13. The van der Waals surface area contributed by atoms with Gasteiger partial charge in [0.15, 0.2) is 0 Å². The highest BCUT2D eigenvalue weighted by Gasteiger charge is 2.26. The Kier molecular flexibility index (Phi) is 6.19. The number of hydrogen-bond acceptors (Lipinski definition) is 2. The zero-order valence-corrected chi connectivity index (χ0v) is 11.3. The van der Waals surface area contributed by atoms with Gasteiger partial charge in [0.05, 0.1) is 0 Å². The van der Waals surface area contributed by atoms with Gasteiger partial charge in [-0.1, -0.05) is 12.2 Å². The van der Waals surface area contributed by atoms with E-state index in [1.165, 1.54) is 6.42 Å². The molecule has 0 aromatic rings. The second kappa shape index (κ2) is 7.43. The molecule has 0 saturated heterocycles. The lowest BCUT2D eigenvalue weighted by atomic mass is 10.2. The molecule has 0 aromatic heterocycles. The first-order valence-corrected chi connectivity index (χ1v) is 7.30. The van der Waals surface area contributed by atoms with E-state index in [-0.39, 0.29) is 6.03 Å². The third-order valence-electron chi connectivity index (χ3n) is 3.03. The van der Waals surface area contributed by atoms with Crippen LogP contribution in [0.3, 0.4) is 0 Å². The average Bonchev–Trinajstić information content (AvgIpc) is 2.76. The van der Waals surface area contributed by atoms with Gasteiger partial charge in [-0.05, 0) is 25.5 Å². The molecule has 0 bridgehead atoms. The Hall–Kier alpha value is -0.900. The van der Waals surface area contributed by atoms with Crippen molar-refractivity contribution in [1.82, 2.24) is 10.2 Å². The van der Waals surface area contributed by atoms with E-state index in [0.29, 0.717) is 24.4 Å². The number of nitrogens with zero attached hydrogens (tertiary/aromatic N) is 1. The first-order valence-electron chi connectivity index (χ1n) is 6.01. The van der Waals surface area contributed by atoms with Crippen LogP contribution in [0.25, 0.3) is 0 Å². The van der Waals surface area contributed by atoms with Crippen LogP contribution in [0.2, 0.25) is 0 Å². The van der Waals surface area contributed by atoms with E-state index in [1.54, 1.807) is 17.1 Å². The van der Waals surface area contributed by atoms with E-state index in [0.717, 1.165) is 12.8 Å². The minimum atomic E-state index is -0.00319. The largest absolute Gasteiger partial charge is 0.335 e. The third kappa shape index (κ3) is 4.46. The normalized spacial score (nSPS) is 23.1. The van der Waals surface area contributed by atoms with Gasteiger partial charge in [0.1, 0.15) is 0 Å². The topological polar surface area (TPSA) is 32.3 Å². The van der Waals surface area contributed by atoms with Gasteiger partial charge in [0.25, 0.3) is 0 Å². The summed E-state index contributed by atoms with van der Waals surface area (Å²) in [7, 11) is 0. The smallest absolute Gasteiger partial charge is 0.318 e. The van der Waals surface area contributed by atoms with Crippen molar-refractivity contribution in [1.29, 1.82) is 0 Å². The van der Waals surface area contributed by atoms with E-state index < -0.39 is 0 Å². The second-order valence-electron chi connectivity index (χ2n) is 4.30. The van der Waals surface area contributed by atoms with Crippen LogP contribution < -0.4 is 5.32 Å². The zero-order valence-electron chi connectivity index (χ0n) is 10.5. The zero-order chi connectivity index (χ0) is 12.7. The van der Waals surface area contributed by atoms with Crippen molar-refractivity contribution in [3.05, 3.63) is 25.3 Å². The maximum absolute atomic E-state index is 12.0. The number of urea groups is 1. The van der Waals surface area contributed by atoms with Gasteiger partial charge in [-0.15, -0.1) is 13.2 Å². The molecule has 0 spiro atoms. The number of amides is 2. The molecule has 3 nitrogen and oxygen atoms in total. The minimum Gasteiger partial charge on any atom is -0.335 e. The van der Waals surface area contributed by atoms with E-state index in [2.05, 4.69) is 24.7 Å². The standard InChI is InChI=1S/C13H22N2OS/c1-4-8-15(9-5-2)13(16)14-11-6-7-12(10-11)17-3/h4-5,11-12H,1-2,6-10H2,3H3,(H,14,16)/t11-,12+/m0/s1. The molecule has 1 saturated carbocycles. The highest BCUT2D eigenvalue weighted by atomic mass is 32.2. The van der Waals surface area contributed by atoms with E-state index in [9.17, 15) is 4.79 Å². The SMILES string of the molecule is C=CCN(CC=C)C(=O)N[C@H]1CC[C@@H](SC)C1. The molecule has 0 heterocycles. The summed E-state index contributed by atoms with van der Waals surface area (Å²) in [6.45, 7) is 8.46. The van der Waals surface area contributed by atoms with E-state index in [4.69, 9.17) is 0 Å². The van der Waals surface area contributed by atoms with Gasteiger partial charge in [0, 0.05) is 24.4 Å². The van der Waals surface area contributed by atoms with Gasteiger partial charge in [-0.3, -0.25) is 0 Å². The van der Waals surface area contributed by atoms with Crippen LogP contribution in [-0.2, 0) is 0 Å². The molecular weight excluding hydrogens is 232 g/mol. The lowest BCUT2D eigenvalue weighted by Gasteiger charge is -2.22. The number of thioether (sulfide) groups is 1. The lowest BCUT2D eigenvalue weighted by Crippen LogP contribution is -2.44. The number of nitrogens with one attached hydrogen (secondary N) is 1. The Balaban J connectivity index is 2.41. The van der Waals surface area contributed by atoms with E-state index in [1.807, 2.05) is 11.8 Å². The van der Waals surface area contributed by atoms with Crippen molar-refractivity contribution in [2.45, 2.75) is 30.6 Å². The van der Waals surface area contributed by atoms with Crippen molar-refractivity contribution in [3.63, 3.8) is 0 Å². The monoisotopic (exact) mass is 254 g/mol. The molecule has 17 heavy (non-hydrogen) atoms. The second-order valence-corrected chi connectivity index (χ2v) is 5.44. The number of carbonyl (C=O) groups excluding carboxylic acids is 1. The summed E-state index contributed by atoms with van der Waals surface area (Å²) < 4.78 is 0. The van der Waals surface area contributed by atoms with Crippen LogP contribution in [0.1, 0.15) is 19.3 Å². The molecule has 1 N–H and O–H groups in total. The Labute approximate surface area is 108 Å². The van der Waals surface area contributed by atoms with Gasteiger partial charge in [0.2, 0.25) is 0 Å². The fourth-order valence-electron chi connectivity index (χ4n) is 2.10. The van der Waals surface area contributed by atoms with Crippen LogP contribution in [0.5, 0.6) is 0 Å².